The van der Waals surface area contributed by atoms with Gasteiger partial charge in [-0.3, -0.25) is 9.03 Å². The van der Waals surface area contributed by atoms with E-state index in [1.165, 1.54) is 37.4 Å². The molecule has 0 spiro atoms. The average molecular weight is 389 g/mol. The third-order valence-electron chi connectivity index (χ3n) is 3.42. The van der Waals surface area contributed by atoms with Crippen LogP contribution in [0.3, 0.4) is 0 Å². The first-order valence-electron chi connectivity index (χ1n) is 6.84. The predicted molar refractivity (Wildman–Crippen MR) is 96.7 cm³/mol. The summed E-state index contributed by atoms with van der Waals surface area (Å²) in [6.45, 7) is 1.70. The van der Waals surface area contributed by atoms with Crippen molar-refractivity contribution in [2.75, 3.05) is 22.3 Å². The largest absolute Gasteiger partial charge is 0.277 e. The summed E-state index contributed by atoms with van der Waals surface area (Å²) in [5.41, 5.74) is 1.02. The second kappa shape index (κ2) is 6.62. The Balaban J connectivity index is 2.46. The van der Waals surface area contributed by atoms with E-state index in [1.54, 1.807) is 19.1 Å². The minimum Gasteiger partial charge on any atom is -0.277 e. The van der Waals surface area contributed by atoms with Gasteiger partial charge in [-0.1, -0.05) is 23.7 Å². The van der Waals surface area contributed by atoms with Crippen LogP contribution in [0.2, 0.25) is 5.02 Å². The van der Waals surface area contributed by atoms with Crippen molar-refractivity contribution in [3.8, 4) is 0 Å². The lowest BCUT2D eigenvalue weighted by atomic mass is 10.2. The first-order chi connectivity index (χ1) is 11.0. The van der Waals surface area contributed by atoms with E-state index in [0.29, 0.717) is 10.6 Å². The predicted octanol–water partition coefficient (Wildman–Crippen LogP) is 2.85. The summed E-state index contributed by atoms with van der Waals surface area (Å²) in [5, 5.41) is 0.464. The number of nitrogens with one attached hydrogen (secondary N) is 1. The van der Waals surface area contributed by atoms with Crippen LogP contribution < -0.4 is 9.03 Å². The van der Waals surface area contributed by atoms with Crippen molar-refractivity contribution in [3.05, 3.63) is 53.1 Å². The standard InChI is InChI=1S/C15H17ClN2O4S2/c1-11-10-12(8-9-13(11)16)24(21,22)17-14-6-4-5-7-15(14)18(2)23(3,19)20/h4-10,17H,1-3H3. The summed E-state index contributed by atoms with van der Waals surface area (Å²) in [6.07, 6.45) is 1.04. The van der Waals surface area contributed by atoms with Crippen LogP contribution in [-0.4, -0.2) is 30.1 Å². The molecule has 2 rings (SSSR count). The normalized spacial score (nSPS) is 12.0. The molecule has 1 N–H and O–H groups in total. The molecule has 0 radical (unpaired) electrons. The number of halogens is 1. The summed E-state index contributed by atoms with van der Waals surface area (Å²) in [4.78, 5) is 0.0428. The van der Waals surface area contributed by atoms with Gasteiger partial charge in [-0.25, -0.2) is 16.8 Å². The van der Waals surface area contributed by atoms with Gasteiger partial charge < -0.3 is 0 Å². The summed E-state index contributed by atoms with van der Waals surface area (Å²) < 4.78 is 52.0. The van der Waals surface area contributed by atoms with E-state index in [-0.39, 0.29) is 16.3 Å². The highest BCUT2D eigenvalue weighted by Crippen LogP contribution is 2.29. The SMILES string of the molecule is Cc1cc(S(=O)(=O)Nc2ccccc2N(C)S(C)(=O)=O)ccc1Cl. The lowest BCUT2D eigenvalue weighted by Gasteiger charge is -2.20. The fourth-order valence-electron chi connectivity index (χ4n) is 2.00. The van der Waals surface area contributed by atoms with Gasteiger partial charge in [-0.15, -0.1) is 0 Å². The highest BCUT2D eigenvalue weighted by molar-refractivity contribution is 7.93. The molecule has 0 heterocycles. The Kier molecular flexibility index (Phi) is 5.12. The average Bonchev–Trinajstić information content (AvgIpc) is 2.48. The van der Waals surface area contributed by atoms with Gasteiger partial charge in [0, 0.05) is 12.1 Å². The lowest BCUT2D eigenvalue weighted by Crippen LogP contribution is -2.26. The first-order valence-corrected chi connectivity index (χ1v) is 10.6. The highest BCUT2D eigenvalue weighted by atomic mass is 35.5. The molecule has 0 aliphatic rings. The Labute approximate surface area is 147 Å². The molecule has 0 saturated heterocycles. The van der Waals surface area contributed by atoms with E-state index in [2.05, 4.69) is 4.72 Å². The van der Waals surface area contributed by atoms with Gasteiger partial charge in [-0.2, -0.15) is 0 Å². The van der Waals surface area contributed by atoms with E-state index in [4.69, 9.17) is 11.6 Å². The number of hydrogen-bond acceptors (Lipinski definition) is 4. The van der Waals surface area contributed by atoms with Gasteiger partial charge in [0.1, 0.15) is 0 Å². The number of sulfonamides is 2. The van der Waals surface area contributed by atoms with Crippen molar-refractivity contribution < 1.29 is 16.8 Å². The zero-order chi connectivity index (χ0) is 18.1. The summed E-state index contributed by atoms with van der Waals surface area (Å²) >= 11 is 5.92. The van der Waals surface area contributed by atoms with Crippen LogP contribution in [0, 0.1) is 6.92 Å². The van der Waals surface area contributed by atoms with Crippen LogP contribution in [0.25, 0.3) is 0 Å². The monoisotopic (exact) mass is 388 g/mol. The molecule has 0 amide bonds. The Morgan fingerprint density at radius 2 is 1.67 bits per heavy atom. The molecule has 0 saturated carbocycles. The third-order valence-corrected chi connectivity index (χ3v) is 6.40. The van der Waals surface area contributed by atoms with Crippen LogP contribution in [0.4, 0.5) is 11.4 Å². The Morgan fingerprint density at radius 3 is 2.25 bits per heavy atom. The Morgan fingerprint density at radius 1 is 1.04 bits per heavy atom. The molecule has 0 atom stereocenters. The molecule has 0 aliphatic heterocycles. The number of hydrogen-bond donors (Lipinski definition) is 1. The highest BCUT2D eigenvalue weighted by Gasteiger charge is 2.20. The summed E-state index contributed by atoms with van der Waals surface area (Å²) in [7, 11) is -6.06. The van der Waals surface area contributed by atoms with Gasteiger partial charge >= 0.3 is 0 Å². The molecule has 0 unspecified atom stereocenters. The van der Waals surface area contributed by atoms with Crippen molar-refractivity contribution in [3.63, 3.8) is 0 Å². The van der Waals surface area contributed by atoms with Gasteiger partial charge in [-0.05, 0) is 42.8 Å². The first kappa shape index (κ1) is 18.6. The molecule has 0 bridgehead atoms. The van der Waals surface area contributed by atoms with Gasteiger partial charge in [0.25, 0.3) is 10.0 Å². The number of para-hydroxylation sites is 2. The molecule has 0 fully saturated rings. The number of nitrogens with zero attached hydrogens (tertiary/aromatic N) is 1. The van der Waals surface area contributed by atoms with E-state index < -0.39 is 20.0 Å². The van der Waals surface area contributed by atoms with Crippen LogP contribution in [0.15, 0.2) is 47.4 Å². The molecular weight excluding hydrogens is 372 g/mol. The molecular formula is C15H17ClN2O4S2. The van der Waals surface area contributed by atoms with Crippen LogP contribution in [-0.2, 0) is 20.0 Å². The zero-order valence-corrected chi connectivity index (χ0v) is 15.7. The minimum atomic E-state index is -3.88. The number of anilines is 2. The van der Waals surface area contributed by atoms with E-state index in [1.807, 2.05) is 0 Å². The van der Waals surface area contributed by atoms with Crippen molar-refractivity contribution >= 4 is 43.0 Å². The van der Waals surface area contributed by atoms with Gasteiger partial charge in [0.15, 0.2) is 0 Å². The molecule has 2 aromatic rings. The van der Waals surface area contributed by atoms with E-state index in [9.17, 15) is 16.8 Å². The van der Waals surface area contributed by atoms with Crippen LogP contribution >= 0.6 is 11.6 Å². The molecule has 0 aromatic heterocycles. The summed E-state index contributed by atoms with van der Waals surface area (Å²) in [5.74, 6) is 0. The number of benzene rings is 2. The topological polar surface area (TPSA) is 83.6 Å². The van der Waals surface area contributed by atoms with Crippen molar-refractivity contribution in [1.82, 2.24) is 0 Å². The fourth-order valence-corrected chi connectivity index (χ4v) is 3.79. The van der Waals surface area contributed by atoms with E-state index in [0.717, 1.165) is 10.6 Å². The van der Waals surface area contributed by atoms with Crippen LogP contribution in [0.1, 0.15) is 5.56 Å². The van der Waals surface area contributed by atoms with E-state index >= 15 is 0 Å². The molecule has 9 heteroatoms. The van der Waals surface area contributed by atoms with Crippen molar-refractivity contribution in [2.45, 2.75) is 11.8 Å². The quantitative estimate of drug-likeness (QED) is 0.853. The zero-order valence-electron chi connectivity index (χ0n) is 13.3. The Bertz CT molecular complexity index is 973. The van der Waals surface area contributed by atoms with Crippen molar-refractivity contribution in [1.29, 1.82) is 0 Å². The molecule has 6 nitrogen and oxygen atoms in total. The van der Waals surface area contributed by atoms with Gasteiger partial charge in [0.05, 0.1) is 22.5 Å². The maximum Gasteiger partial charge on any atom is 0.261 e. The molecule has 130 valence electrons. The molecule has 24 heavy (non-hydrogen) atoms. The maximum absolute atomic E-state index is 12.6. The lowest BCUT2D eigenvalue weighted by molar-refractivity contribution is 0.598. The second-order valence-electron chi connectivity index (χ2n) is 5.26. The second-order valence-corrected chi connectivity index (χ2v) is 9.37. The third kappa shape index (κ3) is 4.00. The smallest absolute Gasteiger partial charge is 0.261 e. The number of rotatable bonds is 5. The van der Waals surface area contributed by atoms with Crippen molar-refractivity contribution in [2.24, 2.45) is 0 Å². The number of aryl methyl sites for hydroxylation is 1. The minimum absolute atomic E-state index is 0.0428. The maximum atomic E-state index is 12.6. The Hall–Kier alpha value is -1.77. The van der Waals surface area contributed by atoms with Crippen LogP contribution in [0.5, 0.6) is 0 Å². The fraction of sp³-hybridized carbons (Fsp3) is 0.200. The summed E-state index contributed by atoms with van der Waals surface area (Å²) in [6, 6.07) is 10.6. The van der Waals surface area contributed by atoms with Gasteiger partial charge in [0.2, 0.25) is 10.0 Å². The molecule has 2 aromatic carbocycles. The molecule has 0 aliphatic carbocycles.